The van der Waals surface area contributed by atoms with Crippen molar-refractivity contribution in [3.8, 4) is 0 Å². The lowest BCUT2D eigenvalue weighted by molar-refractivity contribution is -0.890. The van der Waals surface area contributed by atoms with Crippen LogP contribution in [0.1, 0.15) is 97.3 Å². The van der Waals surface area contributed by atoms with Gasteiger partial charge in [-0.15, -0.1) is 0 Å². The predicted molar refractivity (Wildman–Crippen MR) is 137 cm³/mol. The van der Waals surface area contributed by atoms with E-state index in [4.69, 9.17) is 9.47 Å². The molecular weight excluding hydrogens is 416 g/mol. The molecule has 0 N–H and O–H groups in total. The first-order valence-electron chi connectivity index (χ1n) is 13.6. The molecule has 0 fully saturated rings. The second-order valence-corrected chi connectivity index (χ2v) is 10.9. The number of rotatable bonds is 22. The maximum absolute atomic E-state index is 11.9. The predicted octanol–water partition coefficient (Wildman–Crippen LogP) is 5.34. The lowest BCUT2D eigenvalue weighted by atomic mass is 10.1. The maximum Gasteiger partial charge on any atom is 0.305 e. The zero-order chi connectivity index (χ0) is 25.0. The van der Waals surface area contributed by atoms with Gasteiger partial charge in [-0.05, 0) is 38.5 Å². The van der Waals surface area contributed by atoms with E-state index >= 15 is 0 Å². The Hall–Kier alpha value is -1.14. The highest BCUT2D eigenvalue weighted by Crippen LogP contribution is 2.09. The first kappa shape index (κ1) is 31.9. The molecule has 0 amide bonds. The number of ether oxygens (including phenoxy) is 2. The molecule has 0 aliphatic carbocycles. The van der Waals surface area contributed by atoms with E-state index in [1.165, 1.54) is 51.4 Å². The normalized spacial score (nSPS) is 12.1. The average molecular weight is 473 g/mol. The van der Waals surface area contributed by atoms with E-state index in [0.29, 0.717) is 26.1 Å². The lowest BCUT2D eigenvalue weighted by Gasteiger charge is -2.29. The third kappa shape index (κ3) is 21.2. The minimum atomic E-state index is -0.123. The third-order valence-electron chi connectivity index (χ3n) is 6.42. The molecule has 0 saturated carbocycles. The Morgan fingerprint density at radius 1 is 0.515 bits per heavy atom. The fourth-order valence-electron chi connectivity index (χ4n) is 3.83. The van der Waals surface area contributed by atoms with Gasteiger partial charge < -0.3 is 18.4 Å². The SMILES string of the molecule is CCCCCC[N+](C)(C)CCOC(=O)CCCCCC(=O)OCC[N+](C)(C)CCCCCC. The second kappa shape index (κ2) is 19.2. The fourth-order valence-corrected chi connectivity index (χ4v) is 3.83. The molecule has 6 nitrogen and oxygen atoms in total. The van der Waals surface area contributed by atoms with Crippen LogP contribution in [-0.2, 0) is 19.1 Å². The summed E-state index contributed by atoms with van der Waals surface area (Å²) in [4.78, 5) is 23.9. The zero-order valence-electron chi connectivity index (χ0n) is 23.0. The molecule has 0 aliphatic rings. The third-order valence-corrected chi connectivity index (χ3v) is 6.42. The summed E-state index contributed by atoms with van der Waals surface area (Å²) in [7, 11) is 8.80. The van der Waals surface area contributed by atoms with E-state index in [9.17, 15) is 9.59 Å². The number of nitrogens with zero attached hydrogens (tertiary/aromatic N) is 2. The van der Waals surface area contributed by atoms with Crippen LogP contribution in [0.2, 0.25) is 0 Å². The Bertz CT molecular complexity index is 462. The second-order valence-electron chi connectivity index (χ2n) is 10.9. The molecule has 0 radical (unpaired) electrons. The van der Waals surface area contributed by atoms with Crippen LogP contribution in [0.4, 0.5) is 0 Å². The lowest BCUT2D eigenvalue weighted by Crippen LogP contribution is -2.43. The first-order valence-corrected chi connectivity index (χ1v) is 13.6. The molecule has 0 saturated heterocycles. The van der Waals surface area contributed by atoms with E-state index in [2.05, 4.69) is 42.0 Å². The summed E-state index contributed by atoms with van der Waals surface area (Å²) < 4.78 is 12.6. The van der Waals surface area contributed by atoms with Crippen molar-refractivity contribution < 1.29 is 28.0 Å². The Morgan fingerprint density at radius 2 is 0.879 bits per heavy atom. The van der Waals surface area contributed by atoms with Crippen LogP contribution in [0.3, 0.4) is 0 Å². The van der Waals surface area contributed by atoms with Gasteiger partial charge in [-0.25, -0.2) is 0 Å². The molecule has 0 bridgehead atoms. The summed E-state index contributed by atoms with van der Waals surface area (Å²) in [6.45, 7) is 9.40. The van der Waals surface area contributed by atoms with Gasteiger partial charge >= 0.3 is 11.9 Å². The Kier molecular flexibility index (Phi) is 18.5. The Morgan fingerprint density at radius 3 is 1.24 bits per heavy atom. The van der Waals surface area contributed by atoms with Crippen LogP contribution in [0.5, 0.6) is 0 Å². The summed E-state index contributed by atoms with van der Waals surface area (Å²) >= 11 is 0. The van der Waals surface area contributed by atoms with Crippen molar-refractivity contribution in [2.45, 2.75) is 97.3 Å². The van der Waals surface area contributed by atoms with E-state index in [0.717, 1.165) is 54.4 Å². The van der Waals surface area contributed by atoms with Gasteiger partial charge in [0.25, 0.3) is 0 Å². The average Bonchev–Trinajstić information content (AvgIpc) is 2.74. The van der Waals surface area contributed by atoms with Crippen molar-refractivity contribution >= 4 is 11.9 Å². The Balaban J connectivity index is 3.70. The van der Waals surface area contributed by atoms with Crippen LogP contribution < -0.4 is 0 Å². The van der Waals surface area contributed by atoms with Crippen LogP contribution in [0, 0.1) is 0 Å². The number of quaternary nitrogens is 2. The number of carbonyl (C=O) groups excluding carboxylic acids is 2. The molecule has 0 atom stereocenters. The molecular formula is C27H56N2O4+2. The van der Waals surface area contributed by atoms with Gasteiger partial charge in [0.15, 0.2) is 0 Å². The van der Waals surface area contributed by atoms with E-state index in [1.54, 1.807) is 0 Å². The van der Waals surface area contributed by atoms with E-state index in [-0.39, 0.29) is 11.9 Å². The molecule has 0 unspecified atom stereocenters. The number of esters is 2. The highest BCUT2D eigenvalue weighted by molar-refractivity contribution is 5.69. The highest BCUT2D eigenvalue weighted by Gasteiger charge is 2.16. The minimum Gasteiger partial charge on any atom is -0.460 e. The first-order chi connectivity index (χ1) is 15.6. The van der Waals surface area contributed by atoms with Gasteiger partial charge in [-0.3, -0.25) is 9.59 Å². The van der Waals surface area contributed by atoms with Gasteiger partial charge in [-0.2, -0.15) is 0 Å². The quantitative estimate of drug-likeness (QED) is 0.121. The molecule has 33 heavy (non-hydrogen) atoms. The molecule has 0 aromatic rings. The molecule has 0 aliphatic heterocycles. The van der Waals surface area contributed by atoms with Gasteiger partial charge in [0.1, 0.15) is 26.3 Å². The molecule has 0 heterocycles. The summed E-state index contributed by atoms with van der Waals surface area (Å²) in [6, 6.07) is 0. The van der Waals surface area contributed by atoms with Crippen molar-refractivity contribution in [3.05, 3.63) is 0 Å². The summed E-state index contributed by atoms with van der Waals surface area (Å²) in [6.07, 6.45) is 13.4. The number of hydrogen-bond acceptors (Lipinski definition) is 4. The summed E-state index contributed by atoms with van der Waals surface area (Å²) in [5.74, 6) is -0.245. The zero-order valence-corrected chi connectivity index (χ0v) is 23.0. The molecule has 0 aromatic carbocycles. The largest absolute Gasteiger partial charge is 0.460 e. The van der Waals surface area contributed by atoms with Crippen molar-refractivity contribution in [1.82, 2.24) is 0 Å². The van der Waals surface area contributed by atoms with Crippen LogP contribution in [0.25, 0.3) is 0 Å². The molecule has 0 aromatic heterocycles. The summed E-state index contributed by atoms with van der Waals surface area (Å²) in [5.41, 5.74) is 0. The monoisotopic (exact) mass is 472 g/mol. The molecule has 0 rings (SSSR count). The highest BCUT2D eigenvalue weighted by atomic mass is 16.5. The van der Waals surface area contributed by atoms with Gasteiger partial charge in [0, 0.05) is 12.8 Å². The number of likely N-dealkylation sites (N-methyl/N-ethyl adjacent to an activating group) is 2. The van der Waals surface area contributed by atoms with Crippen LogP contribution >= 0.6 is 0 Å². The molecule has 6 heteroatoms. The Labute approximate surface area is 205 Å². The van der Waals surface area contributed by atoms with Crippen molar-refractivity contribution in [1.29, 1.82) is 0 Å². The van der Waals surface area contributed by atoms with Crippen LogP contribution in [0.15, 0.2) is 0 Å². The maximum atomic E-state index is 11.9. The van der Waals surface area contributed by atoms with Gasteiger partial charge in [0.05, 0.1) is 41.3 Å². The van der Waals surface area contributed by atoms with Gasteiger partial charge in [-0.1, -0.05) is 46.0 Å². The van der Waals surface area contributed by atoms with Crippen molar-refractivity contribution in [2.24, 2.45) is 0 Å². The number of hydrogen-bond donors (Lipinski definition) is 0. The minimum absolute atomic E-state index is 0.123. The van der Waals surface area contributed by atoms with Crippen molar-refractivity contribution in [2.75, 3.05) is 67.6 Å². The smallest absolute Gasteiger partial charge is 0.305 e. The van der Waals surface area contributed by atoms with E-state index < -0.39 is 0 Å². The molecule has 196 valence electrons. The topological polar surface area (TPSA) is 52.6 Å². The van der Waals surface area contributed by atoms with Crippen molar-refractivity contribution in [3.63, 3.8) is 0 Å². The number of unbranched alkanes of at least 4 members (excludes halogenated alkanes) is 8. The molecule has 0 spiro atoms. The summed E-state index contributed by atoms with van der Waals surface area (Å²) in [5, 5.41) is 0. The van der Waals surface area contributed by atoms with E-state index in [1.807, 2.05) is 0 Å². The van der Waals surface area contributed by atoms with Crippen LogP contribution in [-0.4, -0.2) is 88.5 Å². The fraction of sp³-hybridized carbons (Fsp3) is 0.926. The standard InChI is InChI=1S/C27H56N2O4/c1-7-9-11-16-20-28(3,4)22-24-32-26(30)18-14-13-15-19-27(31)33-25-23-29(5,6)21-17-12-10-8-2/h7-25H2,1-6H3/q+2. The number of carbonyl (C=O) groups is 2. The van der Waals surface area contributed by atoms with Gasteiger partial charge in [0.2, 0.25) is 0 Å².